The van der Waals surface area contributed by atoms with Gasteiger partial charge in [0.25, 0.3) is 0 Å². The largest absolute Gasteiger partial charge is 0.304 e. The molecule has 1 aliphatic rings. The smallest absolute Gasteiger partial charge is 0.152 e. The van der Waals surface area contributed by atoms with Crippen molar-refractivity contribution < 1.29 is 8.42 Å². The number of nitrogens with one attached hydrogen (secondary N) is 1. The van der Waals surface area contributed by atoms with E-state index in [4.69, 9.17) is 0 Å². The first kappa shape index (κ1) is 15.5. The summed E-state index contributed by atoms with van der Waals surface area (Å²) in [5.41, 5.74) is 2.24. The molecule has 0 saturated carbocycles. The molecule has 1 heterocycles. The quantitative estimate of drug-likeness (QED) is 0.928. The molecular formula is C16H25NO2S. The van der Waals surface area contributed by atoms with E-state index in [1.165, 1.54) is 11.1 Å². The van der Waals surface area contributed by atoms with E-state index in [1.54, 1.807) is 0 Å². The molecule has 0 bridgehead atoms. The van der Waals surface area contributed by atoms with Crippen molar-refractivity contribution in [1.29, 1.82) is 0 Å². The maximum absolute atomic E-state index is 11.6. The van der Waals surface area contributed by atoms with Gasteiger partial charge in [-0.3, -0.25) is 0 Å². The molecule has 0 spiro atoms. The summed E-state index contributed by atoms with van der Waals surface area (Å²) in [4.78, 5) is 0. The third-order valence-corrected chi connectivity index (χ3v) is 6.07. The number of benzene rings is 1. The van der Waals surface area contributed by atoms with Gasteiger partial charge in [-0.1, -0.05) is 38.1 Å². The van der Waals surface area contributed by atoms with Gasteiger partial charge in [-0.15, -0.1) is 0 Å². The van der Waals surface area contributed by atoms with E-state index in [-0.39, 0.29) is 17.3 Å². The standard InChI is InChI=1S/C16H25NO2S/c1-12(2)14-5-7-15(8-6-14)13(3)17-16(4)9-10-20(18,19)11-16/h5-8,12-13,17H,9-11H2,1-4H3. The summed E-state index contributed by atoms with van der Waals surface area (Å²) in [6.07, 6.45) is 0.698. The van der Waals surface area contributed by atoms with Gasteiger partial charge in [0, 0.05) is 11.6 Å². The Morgan fingerprint density at radius 3 is 2.10 bits per heavy atom. The fourth-order valence-corrected chi connectivity index (χ4v) is 5.00. The Bertz CT molecular complexity index is 563. The van der Waals surface area contributed by atoms with Crippen LogP contribution in [0, 0.1) is 0 Å². The Hall–Kier alpha value is -0.870. The second-order valence-corrected chi connectivity index (χ2v) is 8.77. The van der Waals surface area contributed by atoms with Gasteiger partial charge < -0.3 is 5.32 Å². The monoisotopic (exact) mass is 295 g/mol. The summed E-state index contributed by atoms with van der Waals surface area (Å²) in [5.74, 6) is 1.08. The van der Waals surface area contributed by atoms with Gasteiger partial charge >= 0.3 is 0 Å². The summed E-state index contributed by atoms with van der Waals surface area (Å²) >= 11 is 0. The average molecular weight is 295 g/mol. The van der Waals surface area contributed by atoms with Crippen molar-refractivity contribution >= 4 is 9.84 Å². The van der Waals surface area contributed by atoms with Crippen molar-refractivity contribution in [3.8, 4) is 0 Å². The van der Waals surface area contributed by atoms with E-state index in [0.717, 1.165) is 0 Å². The SMILES string of the molecule is CC(C)c1ccc(C(C)NC2(C)CCS(=O)(=O)C2)cc1. The van der Waals surface area contributed by atoms with Gasteiger partial charge in [-0.25, -0.2) is 8.42 Å². The third-order valence-electron chi connectivity index (χ3n) is 4.17. The van der Waals surface area contributed by atoms with Crippen molar-refractivity contribution in [3.05, 3.63) is 35.4 Å². The van der Waals surface area contributed by atoms with Crippen molar-refractivity contribution in [2.45, 2.75) is 51.6 Å². The maximum Gasteiger partial charge on any atom is 0.152 e. The van der Waals surface area contributed by atoms with Crippen molar-refractivity contribution in [2.24, 2.45) is 0 Å². The molecule has 0 amide bonds. The van der Waals surface area contributed by atoms with E-state index in [1.807, 2.05) is 6.92 Å². The second kappa shape index (κ2) is 5.49. The number of hydrogen-bond donors (Lipinski definition) is 1. The highest BCUT2D eigenvalue weighted by atomic mass is 32.2. The highest BCUT2D eigenvalue weighted by Crippen LogP contribution is 2.27. The van der Waals surface area contributed by atoms with Crippen LogP contribution in [-0.4, -0.2) is 25.5 Å². The van der Waals surface area contributed by atoms with Crippen LogP contribution in [0.3, 0.4) is 0 Å². The molecule has 1 aromatic rings. The van der Waals surface area contributed by atoms with Crippen LogP contribution in [0.4, 0.5) is 0 Å². The summed E-state index contributed by atoms with van der Waals surface area (Å²) in [6, 6.07) is 8.76. The first-order valence-electron chi connectivity index (χ1n) is 7.29. The Kier molecular flexibility index (Phi) is 4.26. The predicted molar refractivity (Wildman–Crippen MR) is 83.8 cm³/mol. The highest BCUT2D eigenvalue weighted by Gasteiger charge is 2.38. The summed E-state index contributed by atoms with van der Waals surface area (Å²) < 4.78 is 23.3. The predicted octanol–water partition coefficient (Wildman–Crippen LogP) is 3.04. The molecule has 0 radical (unpaired) electrons. The zero-order valence-corrected chi connectivity index (χ0v) is 13.6. The minimum Gasteiger partial charge on any atom is -0.304 e. The van der Waals surface area contributed by atoms with E-state index in [0.29, 0.717) is 18.1 Å². The number of sulfone groups is 1. The van der Waals surface area contributed by atoms with Crippen LogP contribution >= 0.6 is 0 Å². The van der Waals surface area contributed by atoms with Crippen molar-refractivity contribution in [2.75, 3.05) is 11.5 Å². The lowest BCUT2D eigenvalue weighted by atomic mass is 9.96. The van der Waals surface area contributed by atoms with Crippen molar-refractivity contribution in [3.63, 3.8) is 0 Å². The molecule has 1 fully saturated rings. The van der Waals surface area contributed by atoms with Gasteiger partial charge in [0.1, 0.15) is 0 Å². The molecule has 1 saturated heterocycles. The van der Waals surface area contributed by atoms with Crippen LogP contribution in [0.15, 0.2) is 24.3 Å². The number of hydrogen-bond acceptors (Lipinski definition) is 3. The lowest BCUT2D eigenvalue weighted by Crippen LogP contribution is -2.44. The lowest BCUT2D eigenvalue weighted by Gasteiger charge is -2.29. The second-order valence-electron chi connectivity index (χ2n) is 6.59. The molecule has 1 aromatic carbocycles. The molecule has 0 aromatic heterocycles. The summed E-state index contributed by atoms with van der Waals surface area (Å²) in [6.45, 7) is 8.47. The minimum absolute atomic E-state index is 0.162. The van der Waals surface area contributed by atoms with Gasteiger partial charge in [0.05, 0.1) is 11.5 Å². The zero-order valence-electron chi connectivity index (χ0n) is 12.8. The molecule has 2 unspecified atom stereocenters. The summed E-state index contributed by atoms with van der Waals surface area (Å²) in [7, 11) is -2.86. The zero-order chi connectivity index (χ0) is 15.0. The van der Waals surface area contributed by atoms with Gasteiger partial charge in [0.2, 0.25) is 0 Å². The molecule has 1 aliphatic heterocycles. The molecular weight excluding hydrogens is 270 g/mol. The van der Waals surface area contributed by atoms with Gasteiger partial charge in [0.15, 0.2) is 9.84 Å². The first-order valence-corrected chi connectivity index (χ1v) is 9.11. The molecule has 2 rings (SSSR count). The Morgan fingerprint density at radius 2 is 1.65 bits per heavy atom. The molecule has 1 N–H and O–H groups in total. The maximum atomic E-state index is 11.6. The van der Waals surface area contributed by atoms with Crippen LogP contribution in [0.2, 0.25) is 0 Å². The Morgan fingerprint density at radius 1 is 1.10 bits per heavy atom. The summed E-state index contributed by atoms with van der Waals surface area (Å²) in [5, 5.41) is 3.50. The lowest BCUT2D eigenvalue weighted by molar-refractivity contribution is 0.355. The van der Waals surface area contributed by atoms with Crippen LogP contribution in [0.1, 0.15) is 57.2 Å². The molecule has 0 aliphatic carbocycles. The minimum atomic E-state index is -2.86. The van der Waals surface area contributed by atoms with Crippen LogP contribution in [0.5, 0.6) is 0 Å². The number of rotatable bonds is 4. The molecule has 4 heteroatoms. The normalized spacial score (nSPS) is 26.9. The van der Waals surface area contributed by atoms with Crippen LogP contribution in [-0.2, 0) is 9.84 Å². The van der Waals surface area contributed by atoms with Gasteiger partial charge in [-0.2, -0.15) is 0 Å². The fourth-order valence-electron chi connectivity index (χ4n) is 2.90. The fraction of sp³-hybridized carbons (Fsp3) is 0.625. The topological polar surface area (TPSA) is 46.2 Å². The van der Waals surface area contributed by atoms with E-state index in [9.17, 15) is 8.42 Å². The molecule has 3 nitrogen and oxygen atoms in total. The highest BCUT2D eigenvalue weighted by molar-refractivity contribution is 7.91. The van der Waals surface area contributed by atoms with E-state index in [2.05, 4.69) is 50.4 Å². The van der Waals surface area contributed by atoms with Crippen molar-refractivity contribution in [1.82, 2.24) is 5.32 Å². The average Bonchev–Trinajstić information content (AvgIpc) is 2.63. The third kappa shape index (κ3) is 3.61. The molecule has 20 heavy (non-hydrogen) atoms. The van der Waals surface area contributed by atoms with E-state index >= 15 is 0 Å². The van der Waals surface area contributed by atoms with Gasteiger partial charge in [-0.05, 0) is 37.3 Å². The van der Waals surface area contributed by atoms with E-state index < -0.39 is 9.84 Å². The van der Waals surface area contributed by atoms with Crippen LogP contribution in [0.25, 0.3) is 0 Å². The molecule has 2 atom stereocenters. The first-order chi connectivity index (χ1) is 9.21. The Balaban J connectivity index is 2.07. The Labute approximate surface area is 122 Å². The molecule has 112 valence electrons. The van der Waals surface area contributed by atoms with Crippen LogP contribution < -0.4 is 5.32 Å².